The molecular weight excluding hydrogens is 320 g/mol. The molecule has 1 aromatic carbocycles. The van der Waals surface area contributed by atoms with Crippen LogP contribution in [0.15, 0.2) is 12.1 Å². The molecule has 1 heterocycles. The van der Waals surface area contributed by atoms with E-state index in [1.807, 2.05) is 0 Å². The van der Waals surface area contributed by atoms with Gasteiger partial charge in [-0.25, -0.2) is 4.09 Å². The van der Waals surface area contributed by atoms with Crippen molar-refractivity contribution in [3.05, 3.63) is 28.8 Å². The number of nitrogens with zero attached hydrogens (tertiary/aromatic N) is 3. The summed E-state index contributed by atoms with van der Waals surface area (Å²) < 4.78 is 2.26. The Balaban J connectivity index is 2.92. The Hall–Kier alpha value is -0.780. The van der Waals surface area contributed by atoms with E-state index in [4.69, 9.17) is 0 Å². The predicted octanol–water partition coefficient (Wildman–Crippen LogP) is 6.32. The lowest BCUT2D eigenvalue weighted by atomic mass is 9.74. The van der Waals surface area contributed by atoms with Crippen molar-refractivity contribution in [2.24, 2.45) is 0 Å². The first-order valence-corrected chi connectivity index (χ1v) is 9.73. The lowest BCUT2D eigenvalue weighted by Gasteiger charge is -2.33. The molecule has 0 saturated heterocycles. The summed E-state index contributed by atoms with van der Waals surface area (Å²) in [6.45, 7) is 20.6. The summed E-state index contributed by atoms with van der Waals surface area (Å²) in [4.78, 5) is 8.34. The van der Waals surface area contributed by atoms with Crippen LogP contribution in [0.3, 0.4) is 0 Å². The van der Waals surface area contributed by atoms with E-state index < -0.39 is 0 Å². The van der Waals surface area contributed by atoms with Crippen molar-refractivity contribution in [1.29, 1.82) is 0 Å². The van der Waals surface area contributed by atoms with Gasteiger partial charge in [-0.3, -0.25) is 0 Å². The van der Waals surface area contributed by atoms with E-state index in [1.54, 1.807) is 0 Å². The fourth-order valence-corrected chi connectivity index (χ4v) is 4.05. The highest BCUT2D eigenvalue weighted by Gasteiger charge is 2.30. The number of aromatic nitrogens is 3. The maximum absolute atomic E-state index is 4.17. The first kappa shape index (κ1) is 18.6. The van der Waals surface area contributed by atoms with E-state index in [1.165, 1.54) is 22.4 Å². The van der Waals surface area contributed by atoms with E-state index in [0.717, 1.165) is 17.0 Å². The molecule has 3 nitrogen and oxygen atoms in total. The molecule has 1 aromatic heterocycles. The second-order valence-electron chi connectivity index (χ2n) is 9.32. The van der Waals surface area contributed by atoms with Gasteiger partial charge in [-0.15, -0.1) is 9.72 Å². The van der Waals surface area contributed by atoms with Crippen LogP contribution in [0.4, 0.5) is 0 Å². The lowest BCUT2D eigenvalue weighted by molar-refractivity contribution is 0.546. The van der Waals surface area contributed by atoms with Crippen LogP contribution in [0.5, 0.6) is 0 Å². The highest BCUT2D eigenvalue weighted by atomic mass is 31.1. The molecule has 0 fully saturated rings. The van der Waals surface area contributed by atoms with Crippen molar-refractivity contribution in [3.8, 4) is 5.69 Å². The van der Waals surface area contributed by atoms with E-state index in [-0.39, 0.29) is 16.2 Å². The molecule has 2 aromatic rings. The Labute approximate surface area is 144 Å². The van der Waals surface area contributed by atoms with Crippen LogP contribution in [0.2, 0.25) is 0 Å². The minimum atomic E-state index is 0.0736. The van der Waals surface area contributed by atoms with Crippen molar-refractivity contribution in [1.82, 2.24) is 13.8 Å². The van der Waals surface area contributed by atoms with E-state index >= 15 is 0 Å². The highest BCUT2D eigenvalue weighted by molar-refractivity contribution is 7.35. The monoisotopic (exact) mass is 349 g/mol. The van der Waals surface area contributed by atoms with Gasteiger partial charge in [0.2, 0.25) is 0 Å². The van der Waals surface area contributed by atoms with Gasteiger partial charge in [-0.05, 0) is 32.9 Å². The van der Waals surface area contributed by atoms with Gasteiger partial charge in [0, 0.05) is 0 Å². The topological polar surface area (TPSA) is 30.7 Å². The molecule has 0 aliphatic heterocycles. The van der Waals surface area contributed by atoms with Crippen LogP contribution < -0.4 is 0 Å². The zero-order valence-corrected chi connectivity index (χ0v) is 17.7. The average molecular weight is 349 g/mol. The molecule has 0 saturated carbocycles. The number of rotatable bonds is 1. The molecular formula is C18H29N3P2. The highest BCUT2D eigenvalue weighted by Crippen LogP contribution is 2.41. The van der Waals surface area contributed by atoms with Gasteiger partial charge in [0.15, 0.2) is 17.0 Å². The van der Waals surface area contributed by atoms with Crippen LogP contribution in [0.25, 0.3) is 5.69 Å². The van der Waals surface area contributed by atoms with Gasteiger partial charge in [-0.2, -0.15) is 0 Å². The first-order valence-electron chi connectivity index (χ1n) is 8.13. The summed E-state index contributed by atoms with van der Waals surface area (Å²) in [7, 11) is 1.84. The average Bonchev–Trinajstić information content (AvgIpc) is 2.87. The Morgan fingerprint density at radius 1 is 0.696 bits per heavy atom. The molecule has 5 heteroatoms. The molecule has 0 aliphatic carbocycles. The lowest BCUT2D eigenvalue weighted by Crippen LogP contribution is -2.24. The van der Waals surface area contributed by atoms with Gasteiger partial charge < -0.3 is 0 Å². The summed E-state index contributed by atoms with van der Waals surface area (Å²) in [5, 5.41) is 0. The molecule has 0 bridgehead atoms. The molecule has 23 heavy (non-hydrogen) atoms. The predicted molar refractivity (Wildman–Crippen MR) is 102 cm³/mol. The third kappa shape index (κ3) is 4.01. The zero-order chi connectivity index (χ0) is 17.6. The van der Waals surface area contributed by atoms with Gasteiger partial charge in [0.05, 0.1) is 5.69 Å². The van der Waals surface area contributed by atoms with E-state index in [2.05, 4.69) is 88.3 Å². The van der Waals surface area contributed by atoms with Gasteiger partial charge in [-0.1, -0.05) is 74.4 Å². The number of hydrogen-bond donors (Lipinski definition) is 0. The second-order valence-corrected chi connectivity index (χ2v) is 11.1. The van der Waals surface area contributed by atoms with E-state index in [0.29, 0.717) is 0 Å². The number of benzene rings is 1. The molecule has 0 N–H and O–H groups in total. The summed E-state index contributed by atoms with van der Waals surface area (Å²) in [6, 6.07) is 4.79. The van der Waals surface area contributed by atoms with Gasteiger partial charge in [0.25, 0.3) is 0 Å². The largest absolute Gasteiger partial charge is 0.240 e. The molecule has 0 aliphatic rings. The third-order valence-electron chi connectivity index (χ3n) is 4.08. The van der Waals surface area contributed by atoms with Crippen molar-refractivity contribution in [3.63, 3.8) is 0 Å². The van der Waals surface area contributed by atoms with Crippen LogP contribution in [-0.2, 0) is 16.2 Å². The second kappa shape index (κ2) is 5.94. The van der Waals surface area contributed by atoms with Crippen molar-refractivity contribution < 1.29 is 0 Å². The van der Waals surface area contributed by atoms with Crippen molar-refractivity contribution in [2.45, 2.75) is 78.6 Å². The minimum Gasteiger partial charge on any atom is -0.240 e. The molecule has 0 spiro atoms. The summed E-state index contributed by atoms with van der Waals surface area (Å²) in [6.07, 6.45) is 0. The molecule has 0 radical (unpaired) electrons. The maximum Gasteiger partial charge on any atom is 0.167 e. The van der Waals surface area contributed by atoms with Crippen LogP contribution >= 0.6 is 17.0 Å². The quantitative estimate of drug-likeness (QED) is 0.603. The Morgan fingerprint density at radius 3 is 1.39 bits per heavy atom. The molecule has 126 valence electrons. The standard InChI is InChI=1S/C18H29N3P2/c1-16(2,3)12-10-13(17(4,5)6)15(21-22-19-20-23-21)14(11-12)18(7,8)9/h10-11H,1-9H3. The fraction of sp³-hybridized carbons (Fsp3) is 0.667. The normalized spacial score (nSPS) is 14.1. The Bertz CT molecular complexity index is 650. The Morgan fingerprint density at radius 2 is 1.09 bits per heavy atom. The van der Waals surface area contributed by atoms with Crippen LogP contribution in [0.1, 0.15) is 79.0 Å². The number of hydrogen-bond acceptors (Lipinski definition) is 2. The van der Waals surface area contributed by atoms with Crippen LogP contribution in [0, 0.1) is 0 Å². The first-order chi connectivity index (χ1) is 10.3. The van der Waals surface area contributed by atoms with Crippen molar-refractivity contribution >= 4 is 17.0 Å². The van der Waals surface area contributed by atoms with E-state index in [9.17, 15) is 0 Å². The molecule has 0 atom stereocenters. The smallest absolute Gasteiger partial charge is 0.167 e. The zero-order valence-electron chi connectivity index (χ0n) is 15.9. The SMILES string of the molecule is CC(C)(C)c1cc(C(C)(C)C)c(-n2pnnp2)c(C(C)(C)C)c1. The maximum atomic E-state index is 4.17. The van der Waals surface area contributed by atoms with Gasteiger partial charge in [0.1, 0.15) is 0 Å². The molecule has 0 unspecified atom stereocenters. The summed E-state index contributed by atoms with van der Waals surface area (Å²) in [5.74, 6) is 0. The van der Waals surface area contributed by atoms with Crippen molar-refractivity contribution in [2.75, 3.05) is 0 Å². The molecule has 2 rings (SSSR count). The minimum absolute atomic E-state index is 0.0736. The Kier molecular flexibility index (Phi) is 4.79. The molecule has 0 amide bonds. The summed E-state index contributed by atoms with van der Waals surface area (Å²) in [5.41, 5.74) is 5.77. The van der Waals surface area contributed by atoms with Crippen LogP contribution in [-0.4, -0.2) is 13.8 Å². The third-order valence-corrected chi connectivity index (χ3v) is 5.78. The fourth-order valence-electron chi connectivity index (χ4n) is 2.65. The summed E-state index contributed by atoms with van der Waals surface area (Å²) >= 11 is 0. The van der Waals surface area contributed by atoms with Gasteiger partial charge >= 0.3 is 0 Å².